The van der Waals surface area contributed by atoms with Gasteiger partial charge in [-0.05, 0) is 98.0 Å². The summed E-state index contributed by atoms with van der Waals surface area (Å²) < 4.78 is 59.9. The first-order valence-electron chi connectivity index (χ1n) is 21.0. The number of alkyl halides is 2. The predicted molar refractivity (Wildman–Crippen MR) is 212 cm³/mol. The van der Waals surface area contributed by atoms with Crippen LogP contribution in [0.15, 0.2) is 42.6 Å². The summed E-state index contributed by atoms with van der Waals surface area (Å²) in [6.07, 6.45) is 2.55. The van der Waals surface area contributed by atoms with Crippen LogP contribution in [-0.4, -0.2) is 110 Å². The number of piperidine rings is 1. The number of amides is 5. The van der Waals surface area contributed by atoms with Crippen LogP contribution in [0.1, 0.15) is 100 Å². The summed E-state index contributed by atoms with van der Waals surface area (Å²) in [6, 6.07) is 6.92. The van der Waals surface area contributed by atoms with Gasteiger partial charge in [-0.2, -0.15) is 5.10 Å². The molecule has 61 heavy (non-hydrogen) atoms. The number of nitrogens with zero attached hydrogens (tertiary/aromatic N) is 5. The van der Waals surface area contributed by atoms with E-state index in [0.717, 1.165) is 45.3 Å². The maximum atomic E-state index is 16.1. The van der Waals surface area contributed by atoms with E-state index in [4.69, 9.17) is 0 Å². The quantitative estimate of drug-likeness (QED) is 0.164. The van der Waals surface area contributed by atoms with Crippen LogP contribution in [-0.2, 0) is 33.9 Å². The zero-order valence-electron chi connectivity index (χ0n) is 33.4. The van der Waals surface area contributed by atoms with Gasteiger partial charge in [-0.1, -0.05) is 6.07 Å². The van der Waals surface area contributed by atoms with E-state index in [2.05, 4.69) is 25.7 Å². The topological polar surface area (TPSA) is 151 Å². The third-order valence-electron chi connectivity index (χ3n) is 13.8. The lowest BCUT2D eigenvalue weighted by molar-refractivity contribution is -0.141. The monoisotopic (exact) mass is 840 g/mol. The van der Waals surface area contributed by atoms with Crippen LogP contribution in [0, 0.1) is 17.6 Å². The largest absolute Gasteiger partial charge is 0.379 e. The fraction of sp³-hybridized carbons (Fsp3) is 0.455. The molecule has 4 aromatic rings. The minimum absolute atomic E-state index is 0.0545. The van der Waals surface area contributed by atoms with Crippen LogP contribution in [0.25, 0.3) is 10.9 Å². The van der Waals surface area contributed by atoms with Gasteiger partial charge in [-0.25, -0.2) is 17.6 Å². The Labute approximate surface area is 347 Å². The average molecular weight is 841 g/mol. The van der Waals surface area contributed by atoms with Crippen molar-refractivity contribution in [3.05, 3.63) is 93.2 Å². The number of hydrogen-bond acceptors (Lipinski definition) is 9. The molecule has 10 rings (SSSR count). The number of imide groups is 2. The highest BCUT2D eigenvalue weighted by Crippen LogP contribution is 2.44. The standard InChI is InChI=1S/C44H44F4N8O5/c1-21-10-29-28(6-7-35-32(29)15-49-52-35)40(55(21)20-37(47)48)39-33(45)13-25(14-34(39)46)50-26-18-54(19-26)42(59)22-2-4-27(5-3-22)53-16-23-11-30-31(12-24(23)17-53)44(61)56(43(30)60)36-8-9-38(57)51-41(36)58/h6-7,11-15,21-22,26-27,36-37,40,50H,2-5,8-10,16-20H2,1H3,(H,49,52)(H,51,57,58)/t21-,22?,27?,36?,40+/m1/s1. The highest BCUT2D eigenvalue weighted by atomic mass is 19.3. The summed E-state index contributed by atoms with van der Waals surface area (Å²) in [5.74, 6) is -3.88. The Bertz CT molecular complexity index is 2450. The highest BCUT2D eigenvalue weighted by Gasteiger charge is 2.46. The molecule has 1 unspecified atom stereocenters. The van der Waals surface area contributed by atoms with Crippen molar-refractivity contribution in [1.29, 1.82) is 0 Å². The smallest absolute Gasteiger partial charge is 0.262 e. The molecule has 1 aliphatic carbocycles. The second-order valence-electron chi connectivity index (χ2n) is 17.5. The molecular weight excluding hydrogens is 797 g/mol. The SMILES string of the molecule is C[C@@H]1Cc2c(ccc3[nH]ncc23)[C@@H](c2c(F)cc(NC3CN(C(=O)C4CCC(N5Cc6cc7c(cc6C5)C(=O)N(C5CCC(=O)NC5=O)C7=O)CC4)C3)cc2F)N1CC(F)F. The van der Waals surface area contributed by atoms with Crippen molar-refractivity contribution in [2.45, 2.75) is 102 Å². The summed E-state index contributed by atoms with van der Waals surface area (Å²) in [5.41, 5.74) is 4.54. The van der Waals surface area contributed by atoms with E-state index in [1.165, 1.54) is 17.0 Å². The fourth-order valence-electron chi connectivity index (χ4n) is 10.7. The van der Waals surface area contributed by atoms with Crippen molar-refractivity contribution in [3.8, 4) is 0 Å². The summed E-state index contributed by atoms with van der Waals surface area (Å²) in [6.45, 7) is 3.10. The van der Waals surface area contributed by atoms with Crippen LogP contribution in [0.3, 0.4) is 0 Å². The molecular formula is C44H44F4N8O5. The van der Waals surface area contributed by atoms with E-state index in [1.54, 1.807) is 42.3 Å². The number of carbonyl (C=O) groups excluding carboxylic acids is 5. The van der Waals surface area contributed by atoms with Gasteiger partial charge in [0.2, 0.25) is 17.7 Å². The predicted octanol–water partition coefficient (Wildman–Crippen LogP) is 5.04. The van der Waals surface area contributed by atoms with Gasteiger partial charge < -0.3 is 10.2 Å². The van der Waals surface area contributed by atoms with Gasteiger partial charge in [0.15, 0.2) is 0 Å². The van der Waals surface area contributed by atoms with Crippen molar-refractivity contribution < 1.29 is 41.5 Å². The summed E-state index contributed by atoms with van der Waals surface area (Å²) in [5, 5.41) is 13.2. The molecule has 3 aromatic carbocycles. The van der Waals surface area contributed by atoms with Crippen LogP contribution < -0.4 is 10.6 Å². The molecule has 1 saturated carbocycles. The van der Waals surface area contributed by atoms with Crippen molar-refractivity contribution >= 4 is 46.1 Å². The number of H-pyrrole nitrogens is 1. The number of aromatic nitrogens is 2. The number of benzene rings is 3. The first-order chi connectivity index (χ1) is 29.3. The number of carbonyl (C=O) groups is 5. The zero-order chi connectivity index (χ0) is 42.4. The number of anilines is 1. The van der Waals surface area contributed by atoms with E-state index in [9.17, 15) is 32.8 Å². The fourth-order valence-corrected chi connectivity index (χ4v) is 10.7. The van der Waals surface area contributed by atoms with E-state index in [-0.39, 0.29) is 59.1 Å². The lowest BCUT2D eigenvalue weighted by atomic mass is 9.83. The number of rotatable bonds is 8. The third kappa shape index (κ3) is 6.76. The van der Waals surface area contributed by atoms with E-state index < -0.39 is 66.4 Å². The molecule has 6 aliphatic rings. The molecule has 5 amide bonds. The molecule has 0 spiro atoms. The Hall–Kier alpha value is -5.68. The summed E-state index contributed by atoms with van der Waals surface area (Å²) in [7, 11) is 0. The Morgan fingerprint density at radius 2 is 1.59 bits per heavy atom. The third-order valence-corrected chi connectivity index (χ3v) is 13.8. The van der Waals surface area contributed by atoms with Crippen molar-refractivity contribution in [1.82, 2.24) is 35.1 Å². The van der Waals surface area contributed by atoms with E-state index in [0.29, 0.717) is 51.0 Å². The highest BCUT2D eigenvalue weighted by molar-refractivity contribution is 6.23. The number of halogens is 4. The van der Waals surface area contributed by atoms with Crippen molar-refractivity contribution in [2.75, 3.05) is 25.0 Å². The molecule has 2 saturated heterocycles. The van der Waals surface area contributed by atoms with Crippen LogP contribution in [0.5, 0.6) is 0 Å². The molecule has 6 heterocycles. The Morgan fingerprint density at radius 3 is 2.23 bits per heavy atom. The van der Waals surface area contributed by atoms with E-state index in [1.807, 2.05) is 0 Å². The Kier molecular flexibility index (Phi) is 9.73. The number of fused-ring (bicyclic) bond motifs is 5. The normalized spacial score (nSPS) is 25.8. The first kappa shape index (κ1) is 39.5. The molecule has 3 atom stereocenters. The molecule has 13 nitrogen and oxygen atoms in total. The average Bonchev–Trinajstić information content (AvgIpc) is 3.92. The second-order valence-corrected chi connectivity index (χ2v) is 17.5. The van der Waals surface area contributed by atoms with Gasteiger partial charge in [0.25, 0.3) is 18.2 Å². The van der Waals surface area contributed by atoms with Crippen LogP contribution in [0.4, 0.5) is 23.2 Å². The van der Waals surface area contributed by atoms with Crippen LogP contribution >= 0.6 is 0 Å². The molecule has 3 fully saturated rings. The maximum absolute atomic E-state index is 16.1. The minimum atomic E-state index is -2.70. The molecule has 318 valence electrons. The van der Waals surface area contributed by atoms with Crippen LogP contribution in [0.2, 0.25) is 0 Å². The number of aromatic amines is 1. The molecule has 17 heteroatoms. The van der Waals surface area contributed by atoms with Gasteiger partial charge in [-0.15, -0.1) is 0 Å². The van der Waals surface area contributed by atoms with Gasteiger partial charge in [-0.3, -0.25) is 49.1 Å². The van der Waals surface area contributed by atoms with Gasteiger partial charge in [0, 0.05) is 67.2 Å². The van der Waals surface area contributed by atoms with E-state index >= 15 is 8.78 Å². The van der Waals surface area contributed by atoms with Crippen molar-refractivity contribution in [2.24, 2.45) is 5.92 Å². The number of likely N-dealkylation sites (tertiary alicyclic amines) is 1. The minimum Gasteiger partial charge on any atom is -0.379 e. The van der Waals surface area contributed by atoms with Gasteiger partial charge >= 0.3 is 0 Å². The summed E-state index contributed by atoms with van der Waals surface area (Å²) >= 11 is 0. The number of nitrogens with one attached hydrogen (secondary N) is 3. The lowest BCUT2D eigenvalue weighted by Gasteiger charge is -2.43. The molecule has 0 radical (unpaired) electrons. The second kappa shape index (κ2) is 15.0. The van der Waals surface area contributed by atoms with Gasteiger partial charge in [0.05, 0.1) is 41.5 Å². The van der Waals surface area contributed by atoms with Gasteiger partial charge in [0.1, 0.15) is 17.7 Å². The first-order valence-corrected chi connectivity index (χ1v) is 21.0. The molecule has 0 bridgehead atoms. The van der Waals surface area contributed by atoms with Crippen molar-refractivity contribution in [3.63, 3.8) is 0 Å². The molecule has 5 aliphatic heterocycles. The molecule has 1 aromatic heterocycles. The lowest BCUT2D eigenvalue weighted by Crippen LogP contribution is -2.58. The Morgan fingerprint density at radius 1 is 0.918 bits per heavy atom. The number of hydrogen-bond donors (Lipinski definition) is 3. The summed E-state index contributed by atoms with van der Waals surface area (Å²) in [4.78, 5) is 70.9. The maximum Gasteiger partial charge on any atom is 0.262 e. The Balaban J connectivity index is 0.742. The molecule has 3 N–H and O–H groups in total. The zero-order valence-corrected chi connectivity index (χ0v) is 33.4.